The Labute approximate surface area is 82.5 Å². The summed E-state index contributed by atoms with van der Waals surface area (Å²) in [7, 11) is 0. The van der Waals surface area contributed by atoms with E-state index < -0.39 is 18.1 Å². The Morgan fingerprint density at radius 3 is 2.21 bits per heavy atom. The minimum absolute atomic E-state index is 0.659. The van der Waals surface area contributed by atoms with Gasteiger partial charge in [-0.25, -0.2) is 0 Å². The van der Waals surface area contributed by atoms with Crippen molar-refractivity contribution < 1.29 is 9.90 Å². The van der Waals surface area contributed by atoms with Crippen molar-refractivity contribution in [1.82, 2.24) is 0 Å². The summed E-state index contributed by atoms with van der Waals surface area (Å²) in [6.45, 7) is 1.95. The number of aryl methyl sites for hydroxylation is 1. The summed E-state index contributed by atoms with van der Waals surface area (Å²) in [6.07, 6.45) is 0. The zero-order valence-corrected chi connectivity index (χ0v) is 7.97. The molecule has 0 bridgehead atoms. The topological polar surface area (TPSA) is 89.3 Å². The van der Waals surface area contributed by atoms with E-state index in [0.29, 0.717) is 0 Å². The quantitative estimate of drug-likeness (QED) is 0.650. The molecular formula is C10H14N2O2. The number of rotatable bonds is 3. The monoisotopic (exact) mass is 194 g/mol. The maximum atomic E-state index is 10.6. The highest BCUT2D eigenvalue weighted by molar-refractivity contribution is 5.74. The summed E-state index contributed by atoms with van der Waals surface area (Å²) in [6, 6.07) is 5.63. The van der Waals surface area contributed by atoms with E-state index in [1.54, 1.807) is 12.1 Å². The standard InChI is InChI=1S/C10H14N2O2/c1-6-2-4-7(5-3-6)8(11)9(12)10(13)14/h2-5,8-9H,11-12H2,1H3,(H,13,14)/t8-,9+/m0/s1. The molecule has 1 aromatic carbocycles. The molecular weight excluding hydrogens is 180 g/mol. The van der Waals surface area contributed by atoms with Gasteiger partial charge in [-0.1, -0.05) is 29.8 Å². The van der Waals surface area contributed by atoms with Crippen molar-refractivity contribution >= 4 is 5.97 Å². The van der Waals surface area contributed by atoms with Crippen LogP contribution in [-0.2, 0) is 4.79 Å². The lowest BCUT2D eigenvalue weighted by Crippen LogP contribution is -2.40. The fraction of sp³-hybridized carbons (Fsp3) is 0.300. The molecule has 4 heteroatoms. The first kappa shape index (κ1) is 10.7. The van der Waals surface area contributed by atoms with E-state index in [4.69, 9.17) is 16.6 Å². The van der Waals surface area contributed by atoms with Crippen LogP contribution >= 0.6 is 0 Å². The Kier molecular flexibility index (Phi) is 3.22. The average molecular weight is 194 g/mol. The number of carboxylic acid groups (broad SMARTS) is 1. The summed E-state index contributed by atoms with van der Waals surface area (Å²) in [5.74, 6) is -1.09. The Morgan fingerprint density at radius 1 is 1.29 bits per heavy atom. The normalized spacial score (nSPS) is 14.8. The largest absolute Gasteiger partial charge is 0.480 e. The van der Waals surface area contributed by atoms with Crippen LogP contribution in [0.2, 0.25) is 0 Å². The second kappa shape index (κ2) is 4.21. The van der Waals surface area contributed by atoms with Gasteiger partial charge in [0.05, 0.1) is 6.04 Å². The summed E-state index contributed by atoms with van der Waals surface area (Å²) in [5, 5.41) is 8.66. The molecule has 2 atom stereocenters. The van der Waals surface area contributed by atoms with Gasteiger partial charge >= 0.3 is 5.97 Å². The predicted molar refractivity (Wildman–Crippen MR) is 53.7 cm³/mol. The summed E-state index contributed by atoms with van der Waals surface area (Å²) < 4.78 is 0. The van der Waals surface area contributed by atoms with Crippen LogP contribution in [0.1, 0.15) is 17.2 Å². The van der Waals surface area contributed by atoms with Gasteiger partial charge in [-0.3, -0.25) is 4.79 Å². The van der Waals surface area contributed by atoms with E-state index in [1.165, 1.54) is 0 Å². The first-order chi connectivity index (χ1) is 6.52. The van der Waals surface area contributed by atoms with Gasteiger partial charge in [0.25, 0.3) is 0 Å². The molecule has 1 aromatic rings. The Morgan fingerprint density at radius 2 is 1.79 bits per heavy atom. The number of aliphatic carboxylic acids is 1. The second-order valence-corrected chi connectivity index (χ2v) is 3.30. The van der Waals surface area contributed by atoms with Crippen LogP contribution in [0, 0.1) is 6.92 Å². The van der Waals surface area contributed by atoms with Gasteiger partial charge < -0.3 is 16.6 Å². The van der Waals surface area contributed by atoms with Crippen molar-refractivity contribution in [2.45, 2.75) is 19.0 Å². The lowest BCUT2D eigenvalue weighted by atomic mass is 10.00. The third kappa shape index (κ3) is 2.31. The molecule has 0 fully saturated rings. The molecule has 0 aromatic heterocycles. The van der Waals surface area contributed by atoms with E-state index >= 15 is 0 Å². The molecule has 0 aliphatic carbocycles. The molecule has 0 spiro atoms. The highest BCUT2D eigenvalue weighted by Crippen LogP contribution is 2.13. The van der Waals surface area contributed by atoms with Gasteiger partial charge in [0.15, 0.2) is 0 Å². The Balaban J connectivity index is 2.84. The first-order valence-electron chi connectivity index (χ1n) is 4.33. The van der Waals surface area contributed by atoms with Crippen molar-refractivity contribution in [2.75, 3.05) is 0 Å². The number of benzene rings is 1. The predicted octanol–water partition coefficient (Wildman–Crippen LogP) is 0.407. The number of hydrogen-bond donors (Lipinski definition) is 3. The molecule has 14 heavy (non-hydrogen) atoms. The summed E-state index contributed by atoms with van der Waals surface area (Å²) in [4.78, 5) is 10.6. The second-order valence-electron chi connectivity index (χ2n) is 3.30. The Hall–Kier alpha value is -1.39. The molecule has 0 saturated heterocycles. The fourth-order valence-electron chi connectivity index (χ4n) is 1.15. The van der Waals surface area contributed by atoms with Gasteiger partial charge in [-0.2, -0.15) is 0 Å². The lowest BCUT2D eigenvalue weighted by molar-refractivity contribution is -0.139. The zero-order chi connectivity index (χ0) is 10.7. The minimum Gasteiger partial charge on any atom is -0.480 e. The zero-order valence-electron chi connectivity index (χ0n) is 7.97. The van der Waals surface area contributed by atoms with Crippen molar-refractivity contribution in [3.8, 4) is 0 Å². The number of carboxylic acids is 1. The van der Waals surface area contributed by atoms with Crippen LogP contribution in [-0.4, -0.2) is 17.1 Å². The van der Waals surface area contributed by atoms with Crippen molar-refractivity contribution in [3.63, 3.8) is 0 Å². The molecule has 0 amide bonds. The molecule has 0 aliphatic heterocycles. The third-order valence-electron chi connectivity index (χ3n) is 2.13. The van der Waals surface area contributed by atoms with Crippen molar-refractivity contribution in [2.24, 2.45) is 11.5 Å². The van der Waals surface area contributed by atoms with Crippen LogP contribution in [0.5, 0.6) is 0 Å². The highest BCUT2D eigenvalue weighted by Gasteiger charge is 2.21. The molecule has 0 radical (unpaired) electrons. The molecule has 0 unspecified atom stereocenters. The smallest absolute Gasteiger partial charge is 0.322 e. The number of nitrogens with two attached hydrogens (primary N) is 2. The third-order valence-corrected chi connectivity index (χ3v) is 2.13. The number of carbonyl (C=O) groups is 1. The van der Waals surface area contributed by atoms with Crippen molar-refractivity contribution in [3.05, 3.63) is 35.4 Å². The van der Waals surface area contributed by atoms with E-state index in [-0.39, 0.29) is 0 Å². The molecule has 0 heterocycles. The molecule has 0 saturated carbocycles. The highest BCUT2D eigenvalue weighted by atomic mass is 16.4. The van der Waals surface area contributed by atoms with Gasteiger partial charge in [0.2, 0.25) is 0 Å². The molecule has 1 rings (SSSR count). The lowest BCUT2D eigenvalue weighted by Gasteiger charge is -2.16. The van der Waals surface area contributed by atoms with Crippen LogP contribution in [0.15, 0.2) is 24.3 Å². The molecule has 4 nitrogen and oxygen atoms in total. The maximum absolute atomic E-state index is 10.6. The maximum Gasteiger partial charge on any atom is 0.322 e. The molecule has 5 N–H and O–H groups in total. The molecule has 76 valence electrons. The van der Waals surface area contributed by atoms with Crippen LogP contribution in [0.4, 0.5) is 0 Å². The first-order valence-corrected chi connectivity index (χ1v) is 4.33. The fourth-order valence-corrected chi connectivity index (χ4v) is 1.15. The van der Waals surface area contributed by atoms with E-state index in [0.717, 1.165) is 11.1 Å². The van der Waals surface area contributed by atoms with Gasteiger partial charge in [-0.15, -0.1) is 0 Å². The Bertz CT molecular complexity index is 321. The average Bonchev–Trinajstić information content (AvgIpc) is 2.16. The van der Waals surface area contributed by atoms with E-state index in [2.05, 4.69) is 0 Å². The summed E-state index contributed by atoms with van der Waals surface area (Å²) in [5.41, 5.74) is 12.9. The SMILES string of the molecule is Cc1ccc([C@H](N)[C@@H](N)C(=O)O)cc1. The van der Waals surface area contributed by atoms with Crippen LogP contribution in [0.3, 0.4) is 0 Å². The van der Waals surface area contributed by atoms with Crippen LogP contribution in [0.25, 0.3) is 0 Å². The summed E-state index contributed by atoms with van der Waals surface area (Å²) >= 11 is 0. The minimum atomic E-state index is -1.09. The van der Waals surface area contributed by atoms with Gasteiger partial charge in [0.1, 0.15) is 6.04 Å². The van der Waals surface area contributed by atoms with E-state index in [9.17, 15) is 4.79 Å². The number of hydrogen-bond acceptors (Lipinski definition) is 3. The van der Waals surface area contributed by atoms with Crippen LogP contribution < -0.4 is 11.5 Å². The van der Waals surface area contributed by atoms with Gasteiger partial charge in [0, 0.05) is 0 Å². The molecule has 0 aliphatic rings. The van der Waals surface area contributed by atoms with Crippen molar-refractivity contribution in [1.29, 1.82) is 0 Å². The van der Waals surface area contributed by atoms with Gasteiger partial charge in [-0.05, 0) is 12.5 Å². The van der Waals surface area contributed by atoms with E-state index in [1.807, 2.05) is 19.1 Å².